The molecule has 0 aliphatic carbocycles. The molecule has 0 atom stereocenters. The third kappa shape index (κ3) is 2.92. The predicted octanol–water partition coefficient (Wildman–Crippen LogP) is -0.599. The van der Waals surface area contributed by atoms with Gasteiger partial charge in [0.1, 0.15) is 12.2 Å². The van der Waals surface area contributed by atoms with E-state index in [0.29, 0.717) is 0 Å². The van der Waals surface area contributed by atoms with Gasteiger partial charge in [-0.05, 0) is 0 Å². The van der Waals surface area contributed by atoms with Gasteiger partial charge in [-0.3, -0.25) is 5.41 Å². The molecule has 0 bridgehead atoms. The summed E-state index contributed by atoms with van der Waals surface area (Å²) in [7, 11) is 0. The minimum atomic E-state index is 0. The molecule has 4 heteroatoms. The lowest BCUT2D eigenvalue weighted by atomic mass is 10.6. The van der Waals surface area contributed by atoms with Gasteiger partial charge in [-0.15, -0.1) is 0 Å². The van der Waals surface area contributed by atoms with Gasteiger partial charge in [0.25, 0.3) is 0 Å². The molecule has 0 aliphatic heterocycles. The molecule has 0 aromatic carbocycles. The van der Waals surface area contributed by atoms with E-state index < -0.39 is 0 Å². The molecule has 0 spiro atoms. The molecule has 0 radical (unpaired) electrons. The highest BCUT2D eigenvalue weighted by Crippen LogP contribution is 1.56. The third-order valence-corrected chi connectivity index (χ3v) is 0.440. The molecule has 0 rings (SSSR count). The van der Waals surface area contributed by atoms with Crippen molar-refractivity contribution in [1.82, 2.24) is 0 Å². The minimum absolute atomic E-state index is 0. The number of amidine groups is 1. The summed E-state index contributed by atoms with van der Waals surface area (Å²) in [5, 5.41) is 6.39. The number of aliphatic imine (C=N–C) groups is 1. The first-order chi connectivity index (χ1) is 3.31. The van der Waals surface area contributed by atoms with Crippen molar-refractivity contribution in [3.05, 3.63) is 0 Å². The number of hydrogen-bond acceptors (Lipinski definition) is 2. The van der Waals surface area contributed by atoms with Crippen LogP contribution in [0.25, 0.3) is 0 Å². The van der Waals surface area contributed by atoms with Gasteiger partial charge in [-0.25, -0.2) is 4.99 Å². The fourth-order valence-electron chi connectivity index (χ4n) is 0.136. The zero-order valence-electron chi connectivity index (χ0n) is 3.89. The van der Waals surface area contributed by atoms with Crippen LogP contribution < -0.4 is 11.5 Å². The molecule has 0 aromatic rings. The first-order valence-corrected chi connectivity index (χ1v) is 1.82. The summed E-state index contributed by atoms with van der Waals surface area (Å²) in [6.45, 7) is 0.218. The zero-order valence-corrected chi connectivity index (χ0v) is 3.89. The Bertz CT molecular complexity index is 91.8. The van der Waals surface area contributed by atoms with Crippen molar-refractivity contribution in [1.29, 1.82) is 5.41 Å². The average molecular weight is 104 g/mol. The second-order valence-electron chi connectivity index (χ2n) is 0.954. The Morgan fingerprint density at radius 1 is 2.00 bits per heavy atom. The molecule has 7 heavy (non-hydrogen) atoms. The summed E-state index contributed by atoms with van der Waals surface area (Å²) >= 11 is 0. The molecule has 0 aromatic heterocycles. The number of hydrogen-bond donors (Lipinski definition) is 3. The molecule has 5 N–H and O–H groups in total. The number of nitrogens with two attached hydrogens (primary N) is 2. The van der Waals surface area contributed by atoms with Gasteiger partial charge in [0, 0.05) is 2.85 Å². The monoisotopic (exact) mass is 104 g/mol. The van der Waals surface area contributed by atoms with Gasteiger partial charge in [0.2, 0.25) is 0 Å². The first-order valence-electron chi connectivity index (χ1n) is 1.82. The predicted molar refractivity (Wildman–Crippen MR) is 33.7 cm³/mol. The van der Waals surface area contributed by atoms with Gasteiger partial charge in [-0.2, -0.15) is 0 Å². The zero-order chi connectivity index (χ0) is 5.70. The number of rotatable bonds is 2. The Hall–Kier alpha value is -0.900. The van der Waals surface area contributed by atoms with E-state index in [1.54, 1.807) is 0 Å². The SMILES string of the molecule is N=CN=C(N)CN.[HH].[HH]. The van der Waals surface area contributed by atoms with Gasteiger partial charge in [0.05, 0.1) is 6.54 Å². The lowest BCUT2D eigenvalue weighted by Gasteiger charge is -1.85. The minimum Gasteiger partial charge on any atom is -0.386 e. The Kier molecular flexibility index (Phi) is 2.87. The maximum absolute atomic E-state index is 6.39. The van der Waals surface area contributed by atoms with Crippen molar-refractivity contribution in [3.8, 4) is 0 Å². The van der Waals surface area contributed by atoms with Crippen LogP contribution in [0.1, 0.15) is 2.85 Å². The van der Waals surface area contributed by atoms with E-state index in [-0.39, 0.29) is 15.2 Å². The van der Waals surface area contributed by atoms with E-state index >= 15 is 0 Å². The van der Waals surface area contributed by atoms with Crippen LogP contribution in [-0.4, -0.2) is 18.7 Å². The van der Waals surface area contributed by atoms with E-state index in [9.17, 15) is 0 Å². The molecular weight excluding hydrogens is 92.1 g/mol. The van der Waals surface area contributed by atoms with Gasteiger partial charge in [0.15, 0.2) is 0 Å². The van der Waals surface area contributed by atoms with Crippen LogP contribution in [0.15, 0.2) is 4.99 Å². The number of nitrogens with zero attached hydrogens (tertiary/aromatic N) is 1. The third-order valence-electron chi connectivity index (χ3n) is 0.440. The van der Waals surface area contributed by atoms with Crippen LogP contribution in [0, 0.1) is 5.41 Å². The van der Waals surface area contributed by atoms with Gasteiger partial charge < -0.3 is 11.5 Å². The van der Waals surface area contributed by atoms with Crippen molar-refractivity contribution >= 4 is 12.2 Å². The summed E-state index contributed by atoms with van der Waals surface area (Å²) in [4.78, 5) is 3.35. The molecule has 0 saturated carbocycles. The quantitative estimate of drug-likeness (QED) is 0.322. The van der Waals surface area contributed by atoms with E-state index in [1.807, 2.05) is 0 Å². The van der Waals surface area contributed by atoms with Crippen LogP contribution in [0.4, 0.5) is 0 Å². The normalized spacial score (nSPS) is 11.3. The Morgan fingerprint density at radius 2 is 2.57 bits per heavy atom. The van der Waals surface area contributed by atoms with Crippen LogP contribution in [0.3, 0.4) is 0 Å². The van der Waals surface area contributed by atoms with E-state index in [1.165, 1.54) is 0 Å². The molecule has 44 valence electrons. The lowest BCUT2D eigenvalue weighted by Crippen LogP contribution is -2.22. The van der Waals surface area contributed by atoms with Crippen molar-refractivity contribution in [2.45, 2.75) is 0 Å². The van der Waals surface area contributed by atoms with Crippen molar-refractivity contribution in [2.24, 2.45) is 16.5 Å². The maximum Gasteiger partial charge on any atom is 0.115 e. The molecule has 0 amide bonds. The molecule has 0 unspecified atom stereocenters. The van der Waals surface area contributed by atoms with Crippen LogP contribution in [0.5, 0.6) is 0 Å². The Labute approximate surface area is 44.7 Å². The lowest BCUT2D eigenvalue weighted by molar-refractivity contribution is 1.27. The van der Waals surface area contributed by atoms with Crippen molar-refractivity contribution in [2.75, 3.05) is 6.54 Å². The largest absolute Gasteiger partial charge is 0.386 e. The standard InChI is InChI=1S/C3H8N4.2H2/c4-1-3(6)7-2-5;;/h2H,1,4H2,(H3,5,6,7);2*1H. The Morgan fingerprint density at radius 3 is 2.71 bits per heavy atom. The summed E-state index contributed by atoms with van der Waals surface area (Å²) < 4.78 is 0. The molecule has 0 saturated heterocycles. The van der Waals surface area contributed by atoms with Gasteiger partial charge in [-0.1, -0.05) is 0 Å². The second-order valence-corrected chi connectivity index (χ2v) is 0.954. The van der Waals surface area contributed by atoms with Crippen molar-refractivity contribution < 1.29 is 2.85 Å². The van der Waals surface area contributed by atoms with Crippen LogP contribution in [-0.2, 0) is 0 Å². The van der Waals surface area contributed by atoms with Crippen molar-refractivity contribution in [3.63, 3.8) is 0 Å². The molecule has 0 fully saturated rings. The highest BCUT2D eigenvalue weighted by Gasteiger charge is 1.77. The summed E-state index contributed by atoms with van der Waals surface area (Å²) in [6.07, 6.45) is 0.863. The molecule has 0 aliphatic rings. The maximum atomic E-state index is 6.39. The fourth-order valence-corrected chi connectivity index (χ4v) is 0.136. The second kappa shape index (κ2) is 3.30. The highest BCUT2D eigenvalue weighted by atomic mass is 14.9. The summed E-state index contributed by atoms with van der Waals surface area (Å²) in [5.41, 5.74) is 10.1. The van der Waals surface area contributed by atoms with Crippen LogP contribution >= 0.6 is 0 Å². The number of nitrogens with one attached hydrogen (secondary N) is 1. The fraction of sp³-hybridized carbons (Fsp3) is 0.333. The topological polar surface area (TPSA) is 88.2 Å². The van der Waals surface area contributed by atoms with E-state index in [0.717, 1.165) is 6.34 Å². The molecule has 4 nitrogen and oxygen atoms in total. The first kappa shape index (κ1) is 6.10. The van der Waals surface area contributed by atoms with E-state index in [4.69, 9.17) is 16.9 Å². The molecular formula is C3H12N4. The summed E-state index contributed by atoms with van der Waals surface area (Å²) in [6, 6.07) is 0. The highest BCUT2D eigenvalue weighted by molar-refractivity contribution is 5.88. The van der Waals surface area contributed by atoms with Gasteiger partial charge >= 0.3 is 0 Å². The Balaban J connectivity index is -0.000000180. The molecule has 0 heterocycles. The average Bonchev–Trinajstić information content (AvgIpc) is 1.68. The van der Waals surface area contributed by atoms with E-state index in [2.05, 4.69) is 4.99 Å². The van der Waals surface area contributed by atoms with Crippen LogP contribution in [0.2, 0.25) is 0 Å². The smallest absolute Gasteiger partial charge is 0.115 e. The summed E-state index contributed by atoms with van der Waals surface area (Å²) in [5.74, 6) is 0.287.